The van der Waals surface area contributed by atoms with Gasteiger partial charge in [0.2, 0.25) is 0 Å². The van der Waals surface area contributed by atoms with Crippen LogP contribution in [-0.2, 0) is 6.54 Å². The number of aryl methyl sites for hydroxylation is 1. The summed E-state index contributed by atoms with van der Waals surface area (Å²) in [6.45, 7) is 3.07. The summed E-state index contributed by atoms with van der Waals surface area (Å²) < 4.78 is 0.809. The van der Waals surface area contributed by atoms with E-state index in [1.165, 1.54) is 6.42 Å². The van der Waals surface area contributed by atoms with Gasteiger partial charge < -0.3 is 0 Å². The summed E-state index contributed by atoms with van der Waals surface area (Å²) in [5.74, 6) is 0. The Hall–Kier alpha value is -0.380. The van der Waals surface area contributed by atoms with Crippen molar-refractivity contribution >= 4 is 15.9 Å². The maximum atomic E-state index is 4.07. The van der Waals surface area contributed by atoms with Gasteiger partial charge in [-0.05, 0) is 22.4 Å². The third kappa shape index (κ3) is 2.10. The fraction of sp³-hybridized carbons (Fsp3) is 0.667. The van der Waals surface area contributed by atoms with Crippen LogP contribution in [0, 0.1) is 0 Å². The second-order valence-corrected chi connectivity index (χ2v) is 2.93. The molecule has 1 aromatic heterocycles. The van der Waals surface area contributed by atoms with Crippen molar-refractivity contribution in [2.75, 3.05) is 0 Å². The summed E-state index contributed by atoms with van der Waals surface area (Å²) in [6.07, 6.45) is 4.02. The molecule has 4 heteroatoms. The van der Waals surface area contributed by atoms with E-state index in [4.69, 9.17) is 0 Å². The minimum atomic E-state index is 0.809. The Morgan fingerprint density at radius 3 is 3.00 bits per heavy atom. The standard InChI is InChI=1S/C6H10BrN3/c1-2-3-4-10-8-5-6(7)9-10/h5H,2-4H2,1H3. The van der Waals surface area contributed by atoms with Gasteiger partial charge in [0.1, 0.15) is 4.60 Å². The molecule has 0 spiro atoms. The molecule has 0 aliphatic carbocycles. The normalized spacial score (nSPS) is 10.2. The van der Waals surface area contributed by atoms with Gasteiger partial charge in [-0.25, -0.2) is 0 Å². The SMILES string of the molecule is CCCCn1ncc(Br)n1. The zero-order valence-corrected chi connectivity index (χ0v) is 7.50. The van der Waals surface area contributed by atoms with E-state index in [1.54, 1.807) is 11.0 Å². The van der Waals surface area contributed by atoms with Crippen molar-refractivity contribution in [3.8, 4) is 0 Å². The molecule has 0 saturated carbocycles. The van der Waals surface area contributed by atoms with Crippen molar-refractivity contribution < 1.29 is 0 Å². The summed E-state index contributed by atoms with van der Waals surface area (Å²) >= 11 is 3.23. The Kier molecular flexibility index (Phi) is 2.86. The number of hydrogen-bond donors (Lipinski definition) is 0. The van der Waals surface area contributed by atoms with E-state index in [2.05, 4.69) is 33.1 Å². The minimum absolute atomic E-state index is 0.809. The van der Waals surface area contributed by atoms with Crippen LogP contribution in [-0.4, -0.2) is 15.0 Å². The van der Waals surface area contributed by atoms with Gasteiger partial charge in [0.15, 0.2) is 0 Å². The van der Waals surface area contributed by atoms with E-state index in [0.29, 0.717) is 0 Å². The number of aromatic nitrogens is 3. The Bertz CT molecular complexity index is 197. The highest BCUT2D eigenvalue weighted by Gasteiger charge is 1.93. The first-order valence-electron chi connectivity index (χ1n) is 3.38. The summed E-state index contributed by atoms with van der Waals surface area (Å²) in [5, 5.41) is 8.08. The topological polar surface area (TPSA) is 30.7 Å². The largest absolute Gasteiger partial charge is 0.184 e. The van der Waals surface area contributed by atoms with Gasteiger partial charge in [-0.1, -0.05) is 13.3 Å². The molecular weight excluding hydrogens is 194 g/mol. The molecule has 3 nitrogen and oxygen atoms in total. The molecule has 0 N–H and O–H groups in total. The molecule has 0 unspecified atom stereocenters. The minimum Gasteiger partial charge on any atom is -0.184 e. The summed E-state index contributed by atoms with van der Waals surface area (Å²) in [6, 6.07) is 0. The van der Waals surface area contributed by atoms with Gasteiger partial charge >= 0.3 is 0 Å². The molecule has 0 aliphatic heterocycles. The Morgan fingerprint density at radius 2 is 2.50 bits per heavy atom. The first-order valence-corrected chi connectivity index (χ1v) is 4.18. The molecule has 0 amide bonds. The lowest BCUT2D eigenvalue weighted by Gasteiger charge is -1.94. The van der Waals surface area contributed by atoms with Crippen LogP contribution in [0.25, 0.3) is 0 Å². The lowest BCUT2D eigenvalue weighted by Crippen LogP contribution is -2.01. The van der Waals surface area contributed by atoms with Crippen LogP contribution in [0.5, 0.6) is 0 Å². The zero-order valence-electron chi connectivity index (χ0n) is 5.92. The van der Waals surface area contributed by atoms with Crippen LogP contribution in [0.4, 0.5) is 0 Å². The van der Waals surface area contributed by atoms with Gasteiger partial charge in [-0.3, -0.25) is 0 Å². The number of hydrogen-bond acceptors (Lipinski definition) is 2. The van der Waals surface area contributed by atoms with Gasteiger partial charge in [-0.2, -0.15) is 9.90 Å². The number of halogens is 1. The van der Waals surface area contributed by atoms with Gasteiger partial charge in [0.05, 0.1) is 12.7 Å². The Balaban J connectivity index is 2.42. The van der Waals surface area contributed by atoms with E-state index >= 15 is 0 Å². The number of unbranched alkanes of at least 4 members (excludes halogenated alkanes) is 1. The van der Waals surface area contributed by atoms with Crippen LogP contribution in [0.15, 0.2) is 10.8 Å². The van der Waals surface area contributed by atoms with Crippen molar-refractivity contribution in [3.05, 3.63) is 10.8 Å². The van der Waals surface area contributed by atoms with Crippen LogP contribution < -0.4 is 0 Å². The molecule has 56 valence electrons. The smallest absolute Gasteiger partial charge is 0.148 e. The van der Waals surface area contributed by atoms with Crippen LogP contribution in [0.2, 0.25) is 0 Å². The first-order chi connectivity index (χ1) is 4.83. The predicted octanol–water partition coefficient (Wildman–Crippen LogP) is 1.84. The van der Waals surface area contributed by atoms with E-state index in [9.17, 15) is 0 Å². The second-order valence-electron chi connectivity index (χ2n) is 2.12. The molecular formula is C6H10BrN3. The van der Waals surface area contributed by atoms with Crippen molar-refractivity contribution in [3.63, 3.8) is 0 Å². The zero-order chi connectivity index (χ0) is 7.40. The summed E-state index contributed by atoms with van der Waals surface area (Å²) in [4.78, 5) is 1.70. The third-order valence-electron chi connectivity index (χ3n) is 1.22. The fourth-order valence-corrected chi connectivity index (χ4v) is 0.958. The summed E-state index contributed by atoms with van der Waals surface area (Å²) in [5.41, 5.74) is 0. The van der Waals surface area contributed by atoms with Gasteiger partial charge in [-0.15, -0.1) is 5.10 Å². The molecule has 0 bridgehead atoms. The molecule has 1 rings (SSSR count). The predicted molar refractivity (Wildman–Crippen MR) is 42.6 cm³/mol. The number of rotatable bonds is 3. The van der Waals surface area contributed by atoms with Crippen LogP contribution in [0.1, 0.15) is 19.8 Å². The first kappa shape index (κ1) is 7.72. The maximum absolute atomic E-state index is 4.07. The molecule has 0 atom stereocenters. The quantitative estimate of drug-likeness (QED) is 0.751. The average Bonchev–Trinajstić information content (AvgIpc) is 2.31. The lowest BCUT2D eigenvalue weighted by molar-refractivity contribution is 0.506. The van der Waals surface area contributed by atoms with Gasteiger partial charge in [0.25, 0.3) is 0 Å². The molecule has 1 heterocycles. The molecule has 10 heavy (non-hydrogen) atoms. The molecule has 0 aliphatic rings. The van der Waals surface area contributed by atoms with Crippen LogP contribution in [0.3, 0.4) is 0 Å². The molecule has 0 aromatic carbocycles. The lowest BCUT2D eigenvalue weighted by atomic mass is 10.3. The van der Waals surface area contributed by atoms with Crippen molar-refractivity contribution in [2.24, 2.45) is 0 Å². The highest BCUT2D eigenvalue weighted by Crippen LogP contribution is 2.01. The monoisotopic (exact) mass is 203 g/mol. The molecule has 0 fully saturated rings. The Morgan fingerprint density at radius 1 is 1.70 bits per heavy atom. The third-order valence-corrected chi connectivity index (χ3v) is 1.58. The highest BCUT2D eigenvalue weighted by molar-refractivity contribution is 9.10. The van der Waals surface area contributed by atoms with Crippen molar-refractivity contribution in [1.82, 2.24) is 15.0 Å². The van der Waals surface area contributed by atoms with E-state index < -0.39 is 0 Å². The average molecular weight is 204 g/mol. The van der Waals surface area contributed by atoms with Gasteiger partial charge in [0, 0.05) is 0 Å². The van der Waals surface area contributed by atoms with Crippen molar-refractivity contribution in [1.29, 1.82) is 0 Å². The fourth-order valence-electron chi connectivity index (χ4n) is 0.683. The maximum Gasteiger partial charge on any atom is 0.148 e. The molecule has 1 aromatic rings. The summed E-state index contributed by atoms with van der Waals surface area (Å²) in [7, 11) is 0. The van der Waals surface area contributed by atoms with Crippen molar-refractivity contribution in [2.45, 2.75) is 26.3 Å². The number of nitrogens with zero attached hydrogens (tertiary/aromatic N) is 3. The van der Waals surface area contributed by atoms with E-state index in [0.717, 1.165) is 17.6 Å². The second kappa shape index (κ2) is 3.71. The van der Waals surface area contributed by atoms with Crippen LogP contribution >= 0.6 is 15.9 Å². The molecule has 0 radical (unpaired) electrons. The Labute approximate surface area is 68.6 Å². The highest BCUT2D eigenvalue weighted by atomic mass is 79.9. The molecule has 0 saturated heterocycles. The van der Waals surface area contributed by atoms with E-state index in [-0.39, 0.29) is 0 Å². The van der Waals surface area contributed by atoms with E-state index in [1.807, 2.05) is 0 Å².